The Hall–Kier alpha value is -5.48. The monoisotopic (exact) mass is 848 g/mol. The van der Waals surface area contributed by atoms with Crippen LogP contribution in [0.2, 0.25) is 0 Å². The van der Waals surface area contributed by atoms with Crippen molar-refractivity contribution in [3.8, 4) is 67.5 Å². The maximum Gasteiger partial charge on any atom is 0.131 e. The Morgan fingerprint density at radius 1 is 0.391 bits per heavy atom. The molecule has 4 heteroatoms. The number of phenols is 2. The maximum absolute atomic E-state index is 12.4. The molecule has 0 unspecified atom stereocenters. The molecule has 4 nitrogen and oxygen atoms in total. The quantitative estimate of drug-likeness (QED) is 0.160. The van der Waals surface area contributed by atoms with Crippen LogP contribution in [0.5, 0.6) is 23.0 Å². The molecule has 328 valence electrons. The molecule has 0 spiro atoms. The summed E-state index contributed by atoms with van der Waals surface area (Å²) >= 11 is 0. The molecule has 11 rings (SSSR count). The van der Waals surface area contributed by atoms with Crippen LogP contribution in [-0.2, 0) is 51.4 Å². The summed E-state index contributed by atoms with van der Waals surface area (Å²) < 4.78 is 14.0. The summed E-state index contributed by atoms with van der Waals surface area (Å²) in [6, 6.07) is 30.3. The van der Waals surface area contributed by atoms with Crippen LogP contribution in [0, 0.1) is 13.8 Å². The van der Waals surface area contributed by atoms with Gasteiger partial charge in [-0.1, -0.05) is 48.5 Å². The first-order valence-corrected chi connectivity index (χ1v) is 24.9. The second-order valence-corrected chi connectivity index (χ2v) is 19.9. The average Bonchev–Trinajstić information content (AvgIpc) is 3.32. The molecule has 0 aromatic heterocycles. The van der Waals surface area contributed by atoms with E-state index in [1.54, 1.807) is 0 Å². The minimum Gasteiger partial charge on any atom is -0.507 e. The number of ether oxygens (including phenoxy) is 2. The van der Waals surface area contributed by atoms with E-state index in [1.807, 2.05) is 12.1 Å². The Bertz CT molecular complexity index is 2500. The van der Waals surface area contributed by atoms with Crippen LogP contribution < -0.4 is 9.47 Å². The largest absolute Gasteiger partial charge is 0.507 e. The highest BCUT2D eigenvalue weighted by Crippen LogP contribution is 2.50. The number of para-hydroxylation sites is 2. The molecular formula is C60H64O4. The Balaban J connectivity index is 0.885. The third-order valence-electron chi connectivity index (χ3n) is 15.5. The Morgan fingerprint density at radius 3 is 1.12 bits per heavy atom. The van der Waals surface area contributed by atoms with Gasteiger partial charge in [-0.2, -0.15) is 0 Å². The average molecular weight is 849 g/mol. The van der Waals surface area contributed by atoms with Gasteiger partial charge in [-0.3, -0.25) is 0 Å². The summed E-state index contributed by atoms with van der Waals surface area (Å²) in [4.78, 5) is 0. The molecule has 0 saturated heterocycles. The van der Waals surface area contributed by atoms with Gasteiger partial charge >= 0.3 is 0 Å². The molecule has 0 amide bonds. The molecule has 6 aromatic rings. The van der Waals surface area contributed by atoms with Crippen LogP contribution in [0.1, 0.15) is 133 Å². The van der Waals surface area contributed by atoms with E-state index in [1.165, 1.54) is 107 Å². The lowest BCUT2D eigenvalue weighted by Gasteiger charge is -2.31. The maximum atomic E-state index is 12.4. The van der Waals surface area contributed by atoms with Crippen molar-refractivity contribution < 1.29 is 19.7 Å². The molecule has 0 bridgehead atoms. The van der Waals surface area contributed by atoms with E-state index in [2.05, 4.69) is 86.6 Å². The van der Waals surface area contributed by atoms with Gasteiger partial charge in [0.1, 0.15) is 35.2 Å². The van der Waals surface area contributed by atoms with Crippen molar-refractivity contribution in [3.63, 3.8) is 0 Å². The fraction of sp³-hybridized carbons (Fsp3) is 0.400. The first kappa shape index (κ1) is 41.2. The minimum absolute atomic E-state index is 0.0407. The highest BCUT2D eigenvalue weighted by Gasteiger charge is 2.31. The van der Waals surface area contributed by atoms with Gasteiger partial charge in [-0.05, 0) is 239 Å². The van der Waals surface area contributed by atoms with Crippen molar-refractivity contribution >= 4 is 0 Å². The smallest absolute Gasteiger partial charge is 0.131 e. The number of aromatic hydroxyl groups is 2. The van der Waals surface area contributed by atoms with Crippen molar-refractivity contribution in [2.24, 2.45) is 0 Å². The van der Waals surface area contributed by atoms with Gasteiger partial charge < -0.3 is 19.7 Å². The lowest BCUT2D eigenvalue weighted by molar-refractivity contribution is 0.0686. The minimum atomic E-state index is -0.0407. The summed E-state index contributed by atoms with van der Waals surface area (Å²) in [5.74, 6) is 2.34. The number of fused-ring (bicyclic) bond motifs is 4. The zero-order chi connectivity index (χ0) is 43.3. The predicted molar refractivity (Wildman–Crippen MR) is 261 cm³/mol. The lowest BCUT2D eigenvalue weighted by Crippen LogP contribution is -2.32. The van der Waals surface area contributed by atoms with Crippen molar-refractivity contribution in [1.29, 1.82) is 0 Å². The van der Waals surface area contributed by atoms with Crippen LogP contribution >= 0.6 is 0 Å². The van der Waals surface area contributed by atoms with Crippen LogP contribution in [0.25, 0.3) is 44.5 Å². The topological polar surface area (TPSA) is 58.9 Å². The summed E-state index contributed by atoms with van der Waals surface area (Å²) in [6.07, 6.45) is 22.2. The zero-order valence-corrected chi connectivity index (χ0v) is 38.1. The number of phenolic OH excluding ortho intramolecular Hbond substituents is 2. The van der Waals surface area contributed by atoms with E-state index >= 15 is 0 Å². The van der Waals surface area contributed by atoms with E-state index in [0.29, 0.717) is 11.5 Å². The van der Waals surface area contributed by atoms with Crippen LogP contribution in [0.15, 0.2) is 84.9 Å². The fourth-order valence-electron chi connectivity index (χ4n) is 12.5. The van der Waals surface area contributed by atoms with Gasteiger partial charge in [0, 0.05) is 39.8 Å². The molecule has 0 aliphatic heterocycles. The standard InChI is InChI=1S/C60H64O4/c1-37-30-51(59(61)53(32-37)57-45-22-7-3-16-39(45)34-40-17-4-8-23-46(40)57)49-26-11-13-28-55(49)63-43-20-15-21-44(36-43)64-56-29-14-12-27-50(56)52-31-38(2)33-54(60(52)62)58-47-24-9-5-18-41(47)35-42-19-6-10-25-48(42)58/h11-14,26-35,43-44,61-62H,3-10,15-25,36H2,1-2H3/t43-,44+. The highest BCUT2D eigenvalue weighted by molar-refractivity contribution is 5.90. The van der Waals surface area contributed by atoms with Gasteiger partial charge in [0.15, 0.2) is 0 Å². The molecule has 0 heterocycles. The van der Waals surface area contributed by atoms with E-state index < -0.39 is 0 Å². The van der Waals surface area contributed by atoms with E-state index in [4.69, 9.17) is 9.47 Å². The number of hydrogen-bond donors (Lipinski definition) is 2. The molecular weight excluding hydrogens is 785 g/mol. The third kappa shape index (κ3) is 7.69. The van der Waals surface area contributed by atoms with Crippen molar-refractivity contribution in [1.82, 2.24) is 0 Å². The van der Waals surface area contributed by atoms with Crippen LogP contribution in [0.3, 0.4) is 0 Å². The number of aryl methyl sites for hydroxylation is 6. The lowest BCUT2D eigenvalue weighted by atomic mass is 9.76. The van der Waals surface area contributed by atoms with Gasteiger partial charge in [0.2, 0.25) is 0 Å². The fourth-order valence-corrected chi connectivity index (χ4v) is 12.5. The van der Waals surface area contributed by atoms with Gasteiger partial charge in [0.25, 0.3) is 0 Å². The second-order valence-electron chi connectivity index (χ2n) is 19.9. The van der Waals surface area contributed by atoms with Crippen LogP contribution in [-0.4, -0.2) is 22.4 Å². The number of benzene rings is 6. The molecule has 6 aromatic carbocycles. The van der Waals surface area contributed by atoms with Crippen LogP contribution in [0.4, 0.5) is 0 Å². The third-order valence-corrected chi connectivity index (χ3v) is 15.5. The van der Waals surface area contributed by atoms with Gasteiger partial charge in [-0.25, -0.2) is 0 Å². The molecule has 64 heavy (non-hydrogen) atoms. The first-order chi connectivity index (χ1) is 31.4. The summed E-state index contributed by atoms with van der Waals surface area (Å²) in [7, 11) is 0. The van der Waals surface area contributed by atoms with Crippen molar-refractivity contribution in [3.05, 3.63) is 141 Å². The zero-order valence-electron chi connectivity index (χ0n) is 38.1. The Labute approximate surface area is 380 Å². The Morgan fingerprint density at radius 2 is 0.734 bits per heavy atom. The molecule has 2 atom stereocenters. The van der Waals surface area contributed by atoms with E-state index in [9.17, 15) is 10.2 Å². The molecule has 1 saturated carbocycles. The molecule has 5 aliphatic rings. The van der Waals surface area contributed by atoms with Crippen molar-refractivity contribution in [2.75, 3.05) is 0 Å². The van der Waals surface area contributed by atoms with Crippen molar-refractivity contribution in [2.45, 2.75) is 154 Å². The highest BCUT2D eigenvalue weighted by atomic mass is 16.5. The molecule has 5 aliphatic carbocycles. The van der Waals surface area contributed by atoms with E-state index in [-0.39, 0.29) is 12.2 Å². The molecule has 2 N–H and O–H groups in total. The number of rotatable bonds is 8. The first-order valence-electron chi connectivity index (χ1n) is 24.9. The normalized spacial score (nSPS) is 19.2. The summed E-state index contributed by atoms with van der Waals surface area (Å²) in [5.41, 5.74) is 22.3. The summed E-state index contributed by atoms with van der Waals surface area (Å²) in [5, 5.41) is 24.8. The predicted octanol–water partition coefficient (Wildman–Crippen LogP) is 14.7. The molecule has 1 fully saturated rings. The van der Waals surface area contributed by atoms with Gasteiger partial charge in [0.05, 0.1) is 0 Å². The van der Waals surface area contributed by atoms with Gasteiger partial charge in [-0.15, -0.1) is 0 Å². The second kappa shape index (κ2) is 17.5. The van der Waals surface area contributed by atoms with E-state index in [0.717, 1.165) is 133 Å². The number of hydrogen-bond acceptors (Lipinski definition) is 4. The summed E-state index contributed by atoms with van der Waals surface area (Å²) in [6.45, 7) is 4.33. The Kier molecular flexibility index (Phi) is 11.3. The SMILES string of the molecule is Cc1cc(-c2ccccc2O[C@@H]2CCC[C@H](Oc3ccccc3-c3cc(C)cc(-c4c5c(cc6c4CCCC6)CCCC5)c3O)C2)c(O)c(-c2c3c(cc4c2CCCC4)CCCC3)c1. The molecule has 0 radical (unpaired) electrons.